The Hall–Kier alpha value is -2.09. The lowest BCUT2D eigenvalue weighted by atomic mass is 10.1. The molecular weight excluding hydrogens is 346 g/mol. The third-order valence-electron chi connectivity index (χ3n) is 4.67. The monoisotopic (exact) mass is 379 g/mol. The third kappa shape index (κ3) is 5.95. The van der Waals surface area contributed by atoms with Gasteiger partial charge in [0.1, 0.15) is 11.4 Å². The zero-order valence-corrected chi connectivity index (χ0v) is 17.4. The van der Waals surface area contributed by atoms with Crippen LogP contribution in [0.4, 0.5) is 4.79 Å². The number of carbonyl (C=O) groups is 2. The van der Waals surface area contributed by atoms with Crippen LogP contribution in [0.3, 0.4) is 0 Å². The summed E-state index contributed by atoms with van der Waals surface area (Å²) in [6, 6.07) is -0.0129. The number of aryl methyl sites for hydroxylation is 1. The minimum absolute atomic E-state index is 0.00530. The molecule has 1 aliphatic rings. The number of nitrogens with one attached hydrogen (secondary N) is 1. The number of hydrogen-bond acceptors (Lipinski definition) is 5. The van der Waals surface area contributed by atoms with Crippen molar-refractivity contribution in [2.45, 2.75) is 58.7 Å². The van der Waals surface area contributed by atoms with E-state index in [0.717, 1.165) is 12.2 Å². The van der Waals surface area contributed by atoms with Gasteiger partial charge >= 0.3 is 6.09 Å². The predicted molar refractivity (Wildman–Crippen MR) is 103 cm³/mol. The fourth-order valence-corrected chi connectivity index (χ4v) is 3.05. The molecule has 27 heavy (non-hydrogen) atoms. The van der Waals surface area contributed by atoms with Gasteiger partial charge in [-0.25, -0.2) is 9.78 Å². The molecule has 0 unspecified atom stereocenters. The van der Waals surface area contributed by atoms with Crippen molar-refractivity contribution in [1.82, 2.24) is 24.7 Å². The highest BCUT2D eigenvalue weighted by molar-refractivity contribution is 5.78. The van der Waals surface area contributed by atoms with Crippen LogP contribution in [0.1, 0.15) is 52.9 Å². The second-order valence-corrected chi connectivity index (χ2v) is 8.19. The fraction of sp³-hybridized carbons (Fsp3) is 0.737. The molecule has 8 nitrogen and oxygen atoms in total. The number of ether oxygens (including phenoxy) is 1. The lowest BCUT2D eigenvalue weighted by Crippen LogP contribution is -2.54. The van der Waals surface area contributed by atoms with Crippen LogP contribution in [0.2, 0.25) is 0 Å². The normalized spacial score (nSPS) is 19.6. The number of carbonyl (C=O) groups excluding carboxylic acids is 2. The summed E-state index contributed by atoms with van der Waals surface area (Å²) < 4.78 is 7.45. The van der Waals surface area contributed by atoms with E-state index in [-0.39, 0.29) is 30.6 Å². The first-order valence-corrected chi connectivity index (χ1v) is 9.59. The summed E-state index contributed by atoms with van der Waals surface area (Å²) in [6.07, 6.45) is 4.17. The Labute approximate surface area is 161 Å². The number of hydrogen-bond donors (Lipinski definition) is 1. The molecule has 0 aromatic carbocycles. The highest BCUT2D eigenvalue weighted by Crippen LogP contribution is 2.25. The van der Waals surface area contributed by atoms with E-state index in [1.807, 2.05) is 52.4 Å². The SMILES string of the molecule is CC[C@@H](C)NC(=O)CN1CCN(C(=O)OC(C)(C)C)C[C@@H]1c1nccn1C. The maximum atomic E-state index is 12.5. The molecule has 0 bridgehead atoms. The van der Waals surface area contributed by atoms with Crippen molar-refractivity contribution in [3.63, 3.8) is 0 Å². The summed E-state index contributed by atoms with van der Waals surface area (Å²) in [5.74, 6) is 0.828. The van der Waals surface area contributed by atoms with Crippen LogP contribution >= 0.6 is 0 Å². The van der Waals surface area contributed by atoms with Crippen molar-refractivity contribution < 1.29 is 14.3 Å². The molecule has 1 N–H and O–H groups in total. The Morgan fingerprint density at radius 2 is 2.07 bits per heavy atom. The molecule has 0 aliphatic carbocycles. The van der Waals surface area contributed by atoms with E-state index in [1.54, 1.807) is 11.1 Å². The molecule has 1 saturated heterocycles. The standard InChI is InChI=1S/C19H33N5O3/c1-7-14(2)21-16(25)13-23-10-11-24(18(26)27-19(3,4)5)12-15(23)17-20-8-9-22(17)6/h8-9,14-15H,7,10-13H2,1-6H3,(H,21,25)/t14-,15-/m1/s1. The number of rotatable bonds is 5. The number of imidazole rings is 1. The molecule has 0 saturated carbocycles. The highest BCUT2D eigenvalue weighted by atomic mass is 16.6. The van der Waals surface area contributed by atoms with Gasteiger partial charge in [-0.15, -0.1) is 0 Å². The van der Waals surface area contributed by atoms with Crippen molar-refractivity contribution in [3.05, 3.63) is 18.2 Å². The van der Waals surface area contributed by atoms with Crippen LogP contribution in [0.5, 0.6) is 0 Å². The number of amides is 2. The molecular formula is C19H33N5O3. The van der Waals surface area contributed by atoms with Gasteiger partial charge in [-0.3, -0.25) is 9.69 Å². The van der Waals surface area contributed by atoms with Crippen molar-refractivity contribution >= 4 is 12.0 Å². The largest absolute Gasteiger partial charge is 0.444 e. The lowest BCUT2D eigenvalue weighted by Gasteiger charge is -2.41. The van der Waals surface area contributed by atoms with Crippen LogP contribution in [0, 0.1) is 0 Å². The second kappa shape index (κ2) is 8.73. The summed E-state index contributed by atoms with van der Waals surface area (Å²) in [7, 11) is 1.92. The van der Waals surface area contributed by atoms with Crippen LogP contribution in [0.15, 0.2) is 12.4 Å². The third-order valence-corrected chi connectivity index (χ3v) is 4.67. The number of nitrogens with zero attached hydrogens (tertiary/aromatic N) is 4. The maximum absolute atomic E-state index is 12.5. The van der Waals surface area contributed by atoms with Crippen molar-refractivity contribution in [1.29, 1.82) is 0 Å². The van der Waals surface area contributed by atoms with Gasteiger partial charge < -0.3 is 19.5 Å². The Morgan fingerprint density at radius 1 is 1.37 bits per heavy atom. The van der Waals surface area contributed by atoms with Crippen LogP contribution in [-0.4, -0.2) is 69.2 Å². The molecule has 2 amide bonds. The molecule has 1 fully saturated rings. The van der Waals surface area contributed by atoms with E-state index in [0.29, 0.717) is 19.6 Å². The van der Waals surface area contributed by atoms with Crippen LogP contribution in [-0.2, 0) is 16.6 Å². The molecule has 8 heteroatoms. The van der Waals surface area contributed by atoms with Crippen LogP contribution < -0.4 is 5.32 Å². The Balaban J connectivity index is 2.12. The van der Waals surface area contributed by atoms with Crippen molar-refractivity contribution in [3.8, 4) is 0 Å². The molecule has 2 atom stereocenters. The Morgan fingerprint density at radius 3 is 2.63 bits per heavy atom. The van der Waals surface area contributed by atoms with Gasteiger partial charge in [0.05, 0.1) is 12.6 Å². The number of piperazine rings is 1. The average Bonchev–Trinajstić information content (AvgIpc) is 2.99. The van der Waals surface area contributed by atoms with E-state index in [4.69, 9.17) is 4.74 Å². The van der Waals surface area contributed by atoms with Crippen molar-refractivity contribution in [2.75, 3.05) is 26.2 Å². The van der Waals surface area contributed by atoms with Gasteiger partial charge in [-0.05, 0) is 34.1 Å². The van der Waals surface area contributed by atoms with E-state index < -0.39 is 5.60 Å². The number of aromatic nitrogens is 2. The predicted octanol–water partition coefficient (Wildman–Crippen LogP) is 1.93. The van der Waals surface area contributed by atoms with Gasteiger partial charge in [-0.2, -0.15) is 0 Å². The average molecular weight is 380 g/mol. The van der Waals surface area contributed by atoms with E-state index in [2.05, 4.69) is 15.2 Å². The molecule has 0 radical (unpaired) electrons. The van der Waals surface area contributed by atoms with E-state index in [9.17, 15) is 9.59 Å². The molecule has 2 rings (SSSR count). The zero-order valence-electron chi connectivity index (χ0n) is 17.4. The lowest BCUT2D eigenvalue weighted by molar-refractivity contribution is -0.124. The summed E-state index contributed by atoms with van der Waals surface area (Å²) in [4.78, 5) is 33.1. The minimum Gasteiger partial charge on any atom is -0.444 e. The first-order chi connectivity index (χ1) is 12.6. The molecule has 1 aromatic heterocycles. The van der Waals surface area contributed by atoms with E-state index >= 15 is 0 Å². The quantitative estimate of drug-likeness (QED) is 0.846. The highest BCUT2D eigenvalue weighted by Gasteiger charge is 2.35. The van der Waals surface area contributed by atoms with Gasteiger partial charge in [0.15, 0.2) is 0 Å². The molecule has 2 heterocycles. The smallest absolute Gasteiger partial charge is 0.410 e. The summed E-state index contributed by atoms with van der Waals surface area (Å²) in [6.45, 7) is 11.4. The molecule has 1 aromatic rings. The first kappa shape index (κ1) is 21.2. The Kier molecular flexibility index (Phi) is 6.86. The molecule has 1 aliphatic heterocycles. The summed E-state index contributed by atoms with van der Waals surface area (Å²) in [5.41, 5.74) is -0.539. The summed E-state index contributed by atoms with van der Waals surface area (Å²) >= 11 is 0. The van der Waals surface area contributed by atoms with Gasteiger partial charge in [-0.1, -0.05) is 6.92 Å². The van der Waals surface area contributed by atoms with Gasteiger partial charge in [0, 0.05) is 45.1 Å². The second-order valence-electron chi connectivity index (χ2n) is 8.19. The fourth-order valence-electron chi connectivity index (χ4n) is 3.05. The maximum Gasteiger partial charge on any atom is 0.410 e. The minimum atomic E-state index is -0.539. The first-order valence-electron chi connectivity index (χ1n) is 9.59. The molecule has 152 valence electrons. The Bertz CT molecular complexity index is 652. The molecule has 0 spiro atoms. The summed E-state index contributed by atoms with van der Waals surface area (Å²) in [5, 5.41) is 3.01. The van der Waals surface area contributed by atoms with Gasteiger partial charge in [0.25, 0.3) is 0 Å². The van der Waals surface area contributed by atoms with Gasteiger partial charge in [0.2, 0.25) is 5.91 Å². The van der Waals surface area contributed by atoms with E-state index in [1.165, 1.54) is 0 Å². The van der Waals surface area contributed by atoms with Crippen molar-refractivity contribution in [2.24, 2.45) is 7.05 Å². The van der Waals surface area contributed by atoms with Crippen LogP contribution in [0.25, 0.3) is 0 Å². The topological polar surface area (TPSA) is 79.7 Å². The zero-order chi connectivity index (χ0) is 20.2.